The Morgan fingerprint density at radius 1 is 1.00 bits per heavy atom. The summed E-state index contributed by atoms with van der Waals surface area (Å²) in [5.41, 5.74) is 2.67. The number of fused-ring (bicyclic) bond motifs is 2. The number of pyridine rings is 1. The van der Waals surface area contributed by atoms with Crippen molar-refractivity contribution in [3.63, 3.8) is 0 Å². The molecule has 2 aromatic carbocycles. The Morgan fingerprint density at radius 2 is 1.86 bits per heavy atom. The molecular weight excluding hydrogens is 571 g/mol. The number of aromatic amines is 2. The maximum absolute atomic E-state index is 13.5. The highest BCUT2D eigenvalue weighted by atomic mass is 35.5. The van der Waals surface area contributed by atoms with Gasteiger partial charge in [0.2, 0.25) is 11.5 Å². The van der Waals surface area contributed by atoms with Crippen molar-refractivity contribution in [3.8, 4) is 16.9 Å². The number of H-pyrrole nitrogens is 2. The van der Waals surface area contributed by atoms with Crippen molar-refractivity contribution in [2.45, 2.75) is 37.5 Å². The third-order valence-corrected chi connectivity index (χ3v) is 8.03. The van der Waals surface area contributed by atoms with Crippen LogP contribution >= 0.6 is 11.6 Å². The van der Waals surface area contributed by atoms with Crippen LogP contribution in [0.3, 0.4) is 0 Å². The normalized spacial score (nSPS) is 18.9. The fourth-order valence-electron chi connectivity index (χ4n) is 5.86. The summed E-state index contributed by atoms with van der Waals surface area (Å²) >= 11 is 6.27. The summed E-state index contributed by atoms with van der Waals surface area (Å²) in [6.07, 6.45) is 1.35. The van der Waals surface area contributed by atoms with E-state index in [0.717, 1.165) is 39.5 Å². The van der Waals surface area contributed by atoms with Gasteiger partial charge in [-0.3, -0.25) is 9.59 Å². The van der Waals surface area contributed by atoms with E-state index in [2.05, 4.69) is 25.3 Å². The molecule has 42 heavy (non-hydrogen) atoms. The van der Waals surface area contributed by atoms with Crippen molar-refractivity contribution in [2.24, 2.45) is 0 Å². The average Bonchev–Trinajstić information content (AvgIpc) is 3.72. The van der Waals surface area contributed by atoms with E-state index in [1.807, 2.05) is 23.1 Å². The Balaban J connectivity index is 1.17. The summed E-state index contributed by atoms with van der Waals surface area (Å²) < 4.78 is 40.6. The van der Waals surface area contributed by atoms with Crippen LogP contribution in [-0.4, -0.2) is 46.8 Å². The molecule has 212 valence electrons. The standard InChI is InChI=1S/C29H21ClF3N7O2/c30-18-3-6-23(39-14-25(37-38-39)29(31,32)33)20(12-18)17-10-19-4-7-24(40(19)27(42)11-17)28-34-13-22(36-28)16-1-5-21-15(9-16)2-8-26(41)35-21/h1-3,5-6,8-9,11-14,19,24H,4,7,10H2,(H,34,36)(H,35,41)/t19-,24+/m1/s1. The lowest BCUT2D eigenvalue weighted by molar-refractivity contribution is -0.141. The van der Waals surface area contributed by atoms with Crippen LogP contribution in [0.15, 0.2) is 71.8 Å². The summed E-state index contributed by atoms with van der Waals surface area (Å²) in [6, 6.07) is 13.3. The number of carbonyl (C=O) groups excluding carboxylic acids is 1. The number of carbonyl (C=O) groups is 1. The van der Waals surface area contributed by atoms with E-state index in [1.165, 1.54) is 12.1 Å². The van der Waals surface area contributed by atoms with Gasteiger partial charge in [0.1, 0.15) is 5.82 Å². The predicted molar refractivity (Wildman–Crippen MR) is 149 cm³/mol. The van der Waals surface area contributed by atoms with Gasteiger partial charge in [0.05, 0.1) is 29.8 Å². The van der Waals surface area contributed by atoms with Gasteiger partial charge < -0.3 is 14.9 Å². The van der Waals surface area contributed by atoms with E-state index >= 15 is 0 Å². The summed E-state index contributed by atoms with van der Waals surface area (Å²) in [5.74, 6) is 0.460. The molecule has 7 rings (SSSR count). The van der Waals surface area contributed by atoms with Gasteiger partial charge in [0, 0.05) is 39.9 Å². The molecule has 2 N–H and O–H groups in total. The molecule has 5 heterocycles. The zero-order valence-corrected chi connectivity index (χ0v) is 22.4. The molecule has 0 unspecified atom stereocenters. The summed E-state index contributed by atoms with van der Waals surface area (Å²) in [4.78, 5) is 37.7. The molecule has 5 aromatic rings. The van der Waals surface area contributed by atoms with Crippen molar-refractivity contribution < 1.29 is 18.0 Å². The van der Waals surface area contributed by atoms with Crippen LogP contribution in [0.4, 0.5) is 13.2 Å². The lowest BCUT2D eigenvalue weighted by Gasteiger charge is -2.33. The Labute approximate surface area is 240 Å². The zero-order valence-electron chi connectivity index (χ0n) is 21.7. The zero-order chi connectivity index (χ0) is 29.2. The third-order valence-electron chi connectivity index (χ3n) is 7.79. The monoisotopic (exact) mass is 591 g/mol. The molecule has 1 fully saturated rings. The van der Waals surface area contributed by atoms with Crippen LogP contribution in [0.1, 0.15) is 42.4 Å². The topological polar surface area (TPSA) is 113 Å². The molecule has 2 aliphatic rings. The fourth-order valence-corrected chi connectivity index (χ4v) is 6.03. The van der Waals surface area contributed by atoms with Crippen LogP contribution in [-0.2, 0) is 11.0 Å². The van der Waals surface area contributed by atoms with Crippen molar-refractivity contribution in [3.05, 3.63) is 99.5 Å². The lowest BCUT2D eigenvalue weighted by Crippen LogP contribution is -2.39. The number of imidazole rings is 1. The number of benzene rings is 2. The van der Waals surface area contributed by atoms with Gasteiger partial charge in [-0.15, -0.1) is 5.10 Å². The van der Waals surface area contributed by atoms with Gasteiger partial charge in [-0.1, -0.05) is 22.9 Å². The van der Waals surface area contributed by atoms with Gasteiger partial charge in [0.25, 0.3) is 0 Å². The minimum atomic E-state index is -4.63. The van der Waals surface area contributed by atoms with E-state index in [1.54, 1.807) is 30.5 Å². The van der Waals surface area contributed by atoms with Gasteiger partial charge in [-0.05, 0) is 66.6 Å². The van der Waals surface area contributed by atoms with E-state index in [-0.39, 0.29) is 23.6 Å². The summed E-state index contributed by atoms with van der Waals surface area (Å²) in [6.45, 7) is 0. The Morgan fingerprint density at radius 3 is 2.67 bits per heavy atom. The Kier molecular flexibility index (Phi) is 6.05. The maximum atomic E-state index is 13.5. The third kappa shape index (κ3) is 4.57. The summed E-state index contributed by atoms with van der Waals surface area (Å²) in [7, 11) is 0. The van der Waals surface area contributed by atoms with Crippen LogP contribution < -0.4 is 5.56 Å². The smallest absolute Gasteiger partial charge is 0.340 e. The van der Waals surface area contributed by atoms with Crippen LogP contribution in [0, 0.1) is 0 Å². The van der Waals surface area contributed by atoms with Crippen LogP contribution in [0.25, 0.3) is 33.4 Å². The highest BCUT2D eigenvalue weighted by molar-refractivity contribution is 6.30. The van der Waals surface area contributed by atoms with E-state index < -0.39 is 11.9 Å². The minimum Gasteiger partial charge on any atom is -0.340 e. The molecule has 0 radical (unpaired) electrons. The predicted octanol–water partition coefficient (Wildman–Crippen LogP) is 5.69. The molecule has 2 aliphatic heterocycles. The van der Waals surface area contributed by atoms with Crippen molar-refractivity contribution in [2.75, 3.05) is 0 Å². The van der Waals surface area contributed by atoms with Crippen molar-refractivity contribution >= 4 is 34.0 Å². The number of alkyl halides is 3. The van der Waals surface area contributed by atoms with E-state index in [9.17, 15) is 22.8 Å². The molecule has 0 bridgehead atoms. The largest absolute Gasteiger partial charge is 0.436 e. The number of rotatable bonds is 4. The van der Waals surface area contributed by atoms with Crippen molar-refractivity contribution in [1.29, 1.82) is 0 Å². The fraction of sp³-hybridized carbons (Fsp3) is 0.207. The molecule has 1 amide bonds. The first kappa shape index (κ1) is 26.2. The van der Waals surface area contributed by atoms with Gasteiger partial charge in [-0.25, -0.2) is 9.67 Å². The molecule has 1 saturated heterocycles. The molecule has 9 nitrogen and oxygen atoms in total. The number of nitrogens with zero attached hydrogens (tertiary/aromatic N) is 5. The first-order valence-corrected chi connectivity index (χ1v) is 13.5. The number of aromatic nitrogens is 6. The second-order valence-corrected chi connectivity index (χ2v) is 10.8. The van der Waals surface area contributed by atoms with E-state index in [0.29, 0.717) is 40.5 Å². The molecule has 0 saturated carbocycles. The Bertz CT molecular complexity index is 1960. The van der Waals surface area contributed by atoms with Crippen LogP contribution in [0.2, 0.25) is 5.02 Å². The number of hydrogen-bond acceptors (Lipinski definition) is 5. The number of halogens is 4. The second-order valence-electron chi connectivity index (χ2n) is 10.4. The van der Waals surface area contributed by atoms with Gasteiger partial charge >= 0.3 is 6.18 Å². The Hall–Kier alpha value is -4.71. The van der Waals surface area contributed by atoms with Gasteiger partial charge in [-0.2, -0.15) is 13.2 Å². The van der Waals surface area contributed by atoms with E-state index in [4.69, 9.17) is 11.6 Å². The minimum absolute atomic E-state index is 0.123. The van der Waals surface area contributed by atoms with Gasteiger partial charge in [0.15, 0.2) is 5.69 Å². The first-order valence-electron chi connectivity index (χ1n) is 13.1. The highest BCUT2D eigenvalue weighted by Gasteiger charge is 2.42. The molecule has 3 aromatic heterocycles. The molecular formula is C29H21ClF3N7O2. The highest BCUT2D eigenvalue weighted by Crippen LogP contribution is 2.43. The lowest BCUT2D eigenvalue weighted by atomic mass is 9.92. The maximum Gasteiger partial charge on any atom is 0.436 e. The summed E-state index contributed by atoms with van der Waals surface area (Å²) in [5, 5.41) is 8.20. The number of hydrogen-bond donors (Lipinski definition) is 2. The molecule has 0 aliphatic carbocycles. The number of nitrogens with one attached hydrogen (secondary N) is 2. The average molecular weight is 592 g/mol. The number of amides is 1. The molecule has 2 atom stereocenters. The second kappa shape index (κ2) is 9.69. The first-order chi connectivity index (χ1) is 20.1. The molecule has 0 spiro atoms. The van der Waals surface area contributed by atoms with Crippen LogP contribution in [0.5, 0.6) is 0 Å². The SMILES string of the molecule is O=C1C=C(c2cc(Cl)ccc2-n2cc(C(F)(F)F)nn2)C[C@H]2CC[C@@H](c3ncc(-c4ccc5[nH]c(=O)ccc5c4)[nH]3)N12. The quantitative estimate of drug-likeness (QED) is 0.279. The van der Waals surface area contributed by atoms with Crippen molar-refractivity contribution in [1.82, 2.24) is 34.8 Å². The molecule has 13 heteroatoms.